The van der Waals surface area contributed by atoms with E-state index in [1.807, 2.05) is 25.1 Å². The summed E-state index contributed by atoms with van der Waals surface area (Å²) in [5, 5.41) is 2.77. The molecule has 0 unspecified atom stereocenters. The second kappa shape index (κ2) is 5.68. The van der Waals surface area contributed by atoms with Gasteiger partial charge >= 0.3 is 0 Å². The van der Waals surface area contributed by atoms with E-state index in [9.17, 15) is 14.4 Å². The van der Waals surface area contributed by atoms with Crippen LogP contribution < -0.4 is 5.32 Å². The topological polar surface area (TPSA) is 66.5 Å². The first-order valence-electron chi connectivity index (χ1n) is 7.34. The van der Waals surface area contributed by atoms with Crippen molar-refractivity contribution in [2.45, 2.75) is 19.9 Å². The van der Waals surface area contributed by atoms with E-state index >= 15 is 0 Å². The maximum Gasteiger partial charge on any atom is 0.262 e. The molecule has 3 rings (SSSR count). The molecule has 0 aromatic heterocycles. The number of anilines is 1. The van der Waals surface area contributed by atoms with Crippen LogP contribution in [0.1, 0.15) is 33.2 Å². The molecule has 0 saturated carbocycles. The summed E-state index contributed by atoms with van der Waals surface area (Å²) in [5.74, 6) is -1.26. The maximum absolute atomic E-state index is 12.4. The van der Waals surface area contributed by atoms with E-state index in [4.69, 9.17) is 0 Å². The van der Waals surface area contributed by atoms with Crippen LogP contribution in [0.15, 0.2) is 48.5 Å². The van der Waals surface area contributed by atoms with Gasteiger partial charge in [-0.1, -0.05) is 30.3 Å². The predicted molar refractivity (Wildman–Crippen MR) is 86.2 cm³/mol. The second-order valence-corrected chi connectivity index (χ2v) is 5.51. The summed E-state index contributed by atoms with van der Waals surface area (Å²) in [6, 6.07) is 13.1. The number of aryl methyl sites for hydroxylation is 1. The Kier molecular flexibility index (Phi) is 3.70. The monoisotopic (exact) mass is 308 g/mol. The SMILES string of the molecule is Cc1ccccc1NC(=O)[C@@H](C)N1C(=O)c2ccccc2C1=O. The molecule has 23 heavy (non-hydrogen) atoms. The van der Waals surface area contributed by atoms with Crippen molar-refractivity contribution >= 4 is 23.4 Å². The molecule has 5 heteroatoms. The number of imide groups is 1. The molecule has 0 aliphatic carbocycles. The fourth-order valence-corrected chi connectivity index (χ4v) is 2.63. The summed E-state index contributed by atoms with van der Waals surface area (Å²) >= 11 is 0. The van der Waals surface area contributed by atoms with Crippen LogP contribution in [-0.2, 0) is 4.79 Å². The van der Waals surface area contributed by atoms with Gasteiger partial charge in [0.2, 0.25) is 5.91 Å². The van der Waals surface area contributed by atoms with Gasteiger partial charge in [-0.05, 0) is 37.6 Å². The van der Waals surface area contributed by atoms with Crippen LogP contribution in [0.4, 0.5) is 5.69 Å². The Morgan fingerprint density at radius 1 is 0.957 bits per heavy atom. The first-order chi connectivity index (χ1) is 11.0. The number of carbonyl (C=O) groups is 3. The highest BCUT2D eigenvalue weighted by molar-refractivity contribution is 6.23. The zero-order chi connectivity index (χ0) is 16.6. The molecule has 1 aliphatic rings. The highest BCUT2D eigenvalue weighted by Crippen LogP contribution is 2.25. The second-order valence-electron chi connectivity index (χ2n) is 5.51. The molecule has 2 aromatic rings. The minimum Gasteiger partial charge on any atom is -0.324 e. The molecule has 0 saturated heterocycles. The molecule has 1 N–H and O–H groups in total. The number of rotatable bonds is 3. The average Bonchev–Trinajstić information content (AvgIpc) is 2.81. The number of nitrogens with zero attached hydrogens (tertiary/aromatic N) is 1. The van der Waals surface area contributed by atoms with Gasteiger partial charge in [0.1, 0.15) is 6.04 Å². The van der Waals surface area contributed by atoms with Gasteiger partial charge in [0.25, 0.3) is 11.8 Å². The van der Waals surface area contributed by atoms with Crippen LogP contribution >= 0.6 is 0 Å². The lowest BCUT2D eigenvalue weighted by Crippen LogP contribution is -2.45. The summed E-state index contributed by atoms with van der Waals surface area (Å²) in [7, 11) is 0. The summed E-state index contributed by atoms with van der Waals surface area (Å²) in [5.41, 5.74) is 2.26. The van der Waals surface area contributed by atoms with E-state index in [1.165, 1.54) is 0 Å². The number of nitrogens with one attached hydrogen (secondary N) is 1. The highest BCUT2D eigenvalue weighted by Gasteiger charge is 2.40. The number of fused-ring (bicyclic) bond motifs is 1. The minimum atomic E-state index is -0.887. The van der Waals surface area contributed by atoms with Gasteiger partial charge in [-0.2, -0.15) is 0 Å². The molecule has 0 radical (unpaired) electrons. The molecule has 1 atom stereocenters. The van der Waals surface area contributed by atoms with Gasteiger partial charge in [0.05, 0.1) is 11.1 Å². The molecule has 1 aliphatic heterocycles. The largest absolute Gasteiger partial charge is 0.324 e. The van der Waals surface area contributed by atoms with Crippen LogP contribution in [0.5, 0.6) is 0 Å². The van der Waals surface area contributed by atoms with Crippen LogP contribution in [0.2, 0.25) is 0 Å². The Balaban J connectivity index is 1.83. The number of benzene rings is 2. The van der Waals surface area contributed by atoms with Crippen molar-refractivity contribution in [2.75, 3.05) is 5.32 Å². The van der Waals surface area contributed by atoms with Crippen molar-refractivity contribution in [1.29, 1.82) is 0 Å². The summed E-state index contributed by atoms with van der Waals surface area (Å²) < 4.78 is 0. The lowest BCUT2D eigenvalue weighted by molar-refractivity contribution is -0.119. The van der Waals surface area contributed by atoms with Crippen molar-refractivity contribution in [1.82, 2.24) is 4.90 Å². The van der Waals surface area contributed by atoms with Crippen molar-refractivity contribution in [2.24, 2.45) is 0 Å². The molecule has 5 nitrogen and oxygen atoms in total. The third kappa shape index (κ3) is 2.50. The lowest BCUT2D eigenvalue weighted by atomic mass is 10.1. The van der Waals surface area contributed by atoms with Gasteiger partial charge in [-0.3, -0.25) is 19.3 Å². The summed E-state index contributed by atoms with van der Waals surface area (Å²) in [6.07, 6.45) is 0. The van der Waals surface area contributed by atoms with Crippen molar-refractivity contribution < 1.29 is 14.4 Å². The Morgan fingerprint density at radius 3 is 2.04 bits per heavy atom. The van der Waals surface area contributed by atoms with E-state index in [-0.39, 0.29) is 0 Å². The van der Waals surface area contributed by atoms with Gasteiger partial charge in [0.15, 0.2) is 0 Å². The standard InChI is InChI=1S/C18H16N2O3/c1-11-7-3-6-10-15(11)19-16(21)12(2)20-17(22)13-8-4-5-9-14(13)18(20)23/h3-10,12H,1-2H3,(H,19,21)/t12-/m1/s1. The van der Waals surface area contributed by atoms with E-state index < -0.39 is 23.8 Å². The Hall–Kier alpha value is -2.95. The quantitative estimate of drug-likeness (QED) is 0.886. The first-order valence-corrected chi connectivity index (χ1v) is 7.34. The zero-order valence-corrected chi connectivity index (χ0v) is 12.9. The molecule has 0 spiro atoms. The third-order valence-corrected chi connectivity index (χ3v) is 4.00. The molecule has 0 bridgehead atoms. The van der Waals surface area contributed by atoms with E-state index in [0.29, 0.717) is 16.8 Å². The predicted octanol–water partition coefficient (Wildman–Crippen LogP) is 2.62. The van der Waals surface area contributed by atoms with Crippen molar-refractivity contribution in [3.05, 3.63) is 65.2 Å². The molecule has 1 heterocycles. The van der Waals surface area contributed by atoms with E-state index in [2.05, 4.69) is 5.32 Å². The van der Waals surface area contributed by atoms with Crippen LogP contribution in [0.25, 0.3) is 0 Å². The fourth-order valence-electron chi connectivity index (χ4n) is 2.63. The normalized spacial score (nSPS) is 14.6. The maximum atomic E-state index is 12.4. The lowest BCUT2D eigenvalue weighted by Gasteiger charge is -2.22. The number of hydrogen-bond donors (Lipinski definition) is 1. The van der Waals surface area contributed by atoms with Gasteiger partial charge in [0, 0.05) is 5.69 Å². The molecule has 2 aromatic carbocycles. The summed E-state index contributed by atoms with van der Waals surface area (Å²) in [6.45, 7) is 3.43. The molecular formula is C18H16N2O3. The number of para-hydroxylation sites is 1. The Morgan fingerprint density at radius 2 is 1.48 bits per heavy atom. The molecule has 0 fully saturated rings. The highest BCUT2D eigenvalue weighted by atomic mass is 16.2. The van der Waals surface area contributed by atoms with E-state index in [1.54, 1.807) is 37.3 Å². The molecule has 116 valence electrons. The Bertz CT molecular complexity index is 778. The number of hydrogen-bond acceptors (Lipinski definition) is 3. The van der Waals surface area contributed by atoms with Crippen LogP contribution in [0.3, 0.4) is 0 Å². The van der Waals surface area contributed by atoms with Gasteiger partial charge in [-0.25, -0.2) is 0 Å². The third-order valence-electron chi connectivity index (χ3n) is 4.00. The van der Waals surface area contributed by atoms with E-state index in [0.717, 1.165) is 10.5 Å². The average molecular weight is 308 g/mol. The Labute approximate surface area is 133 Å². The van der Waals surface area contributed by atoms with Gasteiger partial charge in [-0.15, -0.1) is 0 Å². The van der Waals surface area contributed by atoms with Crippen LogP contribution in [-0.4, -0.2) is 28.7 Å². The fraction of sp³-hybridized carbons (Fsp3) is 0.167. The van der Waals surface area contributed by atoms with Crippen molar-refractivity contribution in [3.63, 3.8) is 0 Å². The molecular weight excluding hydrogens is 292 g/mol. The smallest absolute Gasteiger partial charge is 0.262 e. The molecule has 3 amide bonds. The number of amides is 3. The van der Waals surface area contributed by atoms with Gasteiger partial charge < -0.3 is 5.32 Å². The zero-order valence-electron chi connectivity index (χ0n) is 12.9. The first kappa shape index (κ1) is 15.0. The summed E-state index contributed by atoms with van der Waals surface area (Å²) in [4.78, 5) is 38.2. The minimum absolute atomic E-state index is 0.341. The van der Waals surface area contributed by atoms with Crippen molar-refractivity contribution in [3.8, 4) is 0 Å². The van der Waals surface area contributed by atoms with Crippen LogP contribution in [0, 0.1) is 6.92 Å². The number of carbonyl (C=O) groups excluding carboxylic acids is 3.